The monoisotopic (exact) mass is 602 g/mol. The molecule has 0 saturated carbocycles. The number of hydrogen-bond donors (Lipinski definition) is 1. The number of rotatable bonds is 16. The van der Waals surface area contributed by atoms with Crippen LogP contribution < -0.4 is 0 Å². The van der Waals surface area contributed by atoms with E-state index < -0.39 is 46.6 Å². The summed E-state index contributed by atoms with van der Waals surface area (Å²) in [7, 11) is 0. The Morgan fingerprint density at radius 1 is 1.16 bits per heavy atom. The fourth-order valence-electron chi connectivity index (χ4n) is 8.42. The van der Waals surface area contributed by atoms with Crippen LogP contribution in [0.4, 0.5) is 0 Å². The molecule has 3 heterocycles. The van der Waals surface area contributed by atoms with Crippen LogP contribution in [0.1, 0.15) is 107 Å². The van der Waals surface area contributed by atoms with Gasteiger partial charge in [-0.25, -0.2) is 0 Å². The Morgan fingerprint density at radius 2 is 1.84 bits per heavy atom. The summed E-state index contributed by atoms with van der Waals surface area (Å²) in [6, 6.07) is -1.55. The van der Waals surface area contributed by atoms with Crippen molar-refractivity contribution in [1.29, 1.82) is 0 Å². The molecule has 3 aliphatic heterocycles. The van der Waals surface area contributed by atoms with Gasteiger partial charge in [-0.3, -0.25) is 14.4 Å². The molecule has 3 rings (SSSR count). The maximum Gasteiger partial charge on any atom is 0.312 e. The van der Waals surface area contributed by atoms with Crippen LogP contribution in [0.15, 0.2) is 25.3 Å². The predicted octanol–water partition coefficient (Wildman–Crippen LogP) is 5.68. The summed E-state index contributed by atoms with van der Waals surface area (Å²) in [5.74, 6) is -2.63. The van der Waals surface area contributed by atoms with Crippen molar-refractivity contribution < 1.29 is 29.0 Å². The summed E-state index contributed by atoms with van der Waals surface area (Å²) in [6.45, 7) is 24.5. The van der Waals surface area contributed by atoms with Crippen molar-refractivity contribution in [1.82, 2.24) is 9.80 Å². The second kappa shape index (κ2) is 13.4. The van der Waals surface area contributed by atoms with Gasteiger partial charge in [-0.2, -0.15) is 0 Å². The van der Waals surface area contributed by atoms with E-state index in [1.807, 2.05) is 31.7 Å². The summed E-state index contributed by atoms with van der Waals surface area (Å²) in [6.07, 6.45) is 9.04. The van der Waals surface area contributed by atoms with E-state index in [0.717, 1.165) is 25.7 Å². The maximum atomic E-state index is 15.0. The number of esters is 1. The zero-order chi connectivity index (χ0) is 32.4. The molecule has 3 aliphatic rings. The number of hydrogen-bond acceptors (Lipinski definition) is 6. The molecule has 8 heteroatoms. The van der Waals surface area contributed by atoms with Gasteiger partial charge in [-0.05, 0) is 70.1 Å². The Hall–Kier alpha value is -2.19. The van der Waals surface area contributed by atoms with E-state index in [0.29, 0.717) is 32.2 Å². The zero-order valence-electron chi connectivity index (χ0n) is 28.1. The smallest absolute Gasteiger partial charge is 0.312 e. The topological polar surface area (TPSA) is 96.4 Å². The summed E-state index contributed by atoms with van der Waals surface area (Å²) < 4.78 is 12.8. The van der Waals surface area contributed by atoms with Crippen LogP contribution in [0.25, 0.3) is 0 Å². The lowest BCUT2D eigenvalue weighted by molar-refractivity contribution is -0.166. The SMILES string of the molecule is C=CCCCCOC(=O)[C@@H]1[C@H]2C(=O)N([C@@H](CO)[C@@H](C)CC)C(C(=O)N(CC=C)C(C)(C)CC(C)(C)C)C23CC[C@@]1(CC)O3. The van der Waals surface area contributed by atoms with Gasteiger partial charge >= 0.3 is 5.97 Å². The van der Waals surface area contributed by atoms with E-state index in [4.69, 9.17) is 9.47 Å². The second-order valence-corrected chi connectivity index (χ2v) is 15.0. The number of likely N-dealkylation sites (tertiary alicyclic amines) is 1. The highest BCUT2D eigenvalue weighted by atomic mass is 16.6. The lowest BCUT2D eigenvalue weighted by Gasteiger charge is -2.47. The van der Waals surface area contributed by atoms with Gasteiger partial charge < -0.3 is 24.4 Å². The predicted molar refractivity (Wildman–Crippen MR) is 169 cm³/mol. The van der Waals surface area contributed by atoms with Crippen LogP contribution in [0.3, 0.4) is 0 Å². The first-order valence-electron chi connectivity index (χ1n) is 16.4. The molecule has 244 valence electrons. The number of carbonyl (C=O) groups excluding carboxylic acids is 3. The average molecular weight is 603 g/mol. The van der Waals surface area contributed by atoms with E-state index in [1.165, 1.54) is 0 Å². The molecule has 1 spiro atoms. The first kappa shape index (κ1) is 35.3. The van der Waals surface area contributed by atoms with Crippen molar-refractivity contribution in [3.8, 4) is 0 Å². The van der Waals surface area contributed by atoms with E-state index in [2.05, 4.69) is 47.8 Å². The molecule has 7 atom stereocenters. The van der Waals surface area contributed by atoms with Crippen molar-refractivity contribution in [2.75, 3.05) is 19.8 Å². The van der Waals surface area contributed by atoms with Gasteiger partial charge in [0.25, 0.3) is 0 Å². The summed E-state index contributed by atoms with van der Waals surface area (Å²) in [5, 5.41) is 10.7. The number of nitrogens with zero attached hydrogens (tertiary/aromatic N) is 2. The molecule has 3 saturated heterocycles. The van der Waals surface area contributed by atoms with Crippen LogP contribution >= 0.6 is 0 Å². The maximum absolute atomic E-state index is 15.0. The number of unbranched alkanes of at least 4 members (excludes halogenated alkanes) is 2. The highest BCUT2D eigenvalue weighted by Gasteiger charge is 2.80. The molecule has 0 aromatic heterocycles. The molecule has 8 nitrogen and oxygen atoms in total. The van der Waals surface area contributed by atoms with E-state index in [1.54, 1.807) is 11.0 Å². The number of ether oxygens (including phenoxy) is 2. The minimum atomic E-state index is -1.17. The number of carbonyl (C=O) groups is 3. The Morgan fingerprint density at radius 3 is 2.37 bits per heavy atom. The fraction of sp³-hybridized carbons (Fsp3) is 0.800. The van der Waals surface area contributed by atoms with Gasteiger partial charge in [0.05, 0.1) is 30.8 Å². The van der Waals surface area contributed by atoms with Gasteiger partial charge in [0, 0.05) is 12.1 Å². The van der Waals surface area contributed by atoms with Crippen molar-refractivity contribution in [2.24, 2.45) is 23.2 Å². The molecule has 0 aromatic carbocycles. The lowest BCUT2D eigenvalue weighted by Crippen LogP contribution is -2.63. The van der Waals surface area contributed by atoms with Crippen molar-refractivity contribution in [3.05, 3.63) is 25.3 Å². The van der Waals surface area contributed by atoms with Crippen molar-refractivity contribution in [2.45, 2.75) is 136 Å². The molecule has 2 bridgehead atoms. The molecular weight excluding hydrogens is 544 g/mol. The number of aliphatic hydroxyl groups is 1. The summed E-state index contributed by atoms with van der Waals surface area (Å²) >= 11 is 0. The number of amides is 2. The minimum Gasteiger partial charge on any atom is -0.465 e. The molecule has 3 fully saturated rings. The van der Waals surface area contributed by atoms with Gasteiger partial charge in [-0.15, -0.1) is 13.2 Å². The lowest BCUT2D eigenvalue weighted by atomic mass is 9.65. The fourth-order valence-corrected chi connectivity index (χ4v) is 8.42. The third-order valence-electron chi connectivity index (χ3n) is 10.3. The third-order valence-corrected chi connectivity index (χ3v) is 10.3. The molecule has 2 unspecified atom stereocenters. The number of allylic oxidation sites excluding steroid dienone is 1. The third kappa shape index (κ3) is 6.47. The highest BCUT2D eigenvalue weighted by molar-refractivity contribution is 5.99. The average Bonchev–Trinajstić information content (AvgIpc) is 3.54. The molecule has 0 aromatic rings. The van der Waals surface area contributed by atoms with Crippen LogP contribution in [0.5, 0.6) is 0 Å². The van der Waals surface area contributed by atoms with Crippen LogP contribution in [0, 0.1) is 23.2 Å². The Labute approximate surface area is 260 Å². The quantitative estimate of drug-likeness (QED) is 0.139. The van der Waals surface area contributed by atoms with Crippen molar-refractivity contribution >= 4 is 17.8 Å². The van der Waals surface area contributed by atoms with E-state index >= 15 is 4.79 Å². The van der Waals surface area contributed by atoms with E-state index in [9.17, 15) is 14.7 Å². The van der Waals surface area contributed by atoms with Gasteiger partial charge in [-0.1, -0.05) is 60.1 Å². The highest BCUT2D eigenvalue weighted by Crippen LogP contribution is 2.65. The summed E-state index contributed by atoms with van der Waals surface area (Å²) in [4.78, 5) is 47.0. The van der Waals surface area contributed by atoms with Gasteiger partial charge in [0.1, 0.15) is 17.6 Å². The normalized spacial score (nSPS) is 29.7. The van der Waals surface area contributed by atoms with Crippen LogP contribution in [0.2, 0.25) is 0 Å². The van der Waals surface area contributed by atoms with Gasteiger partial charge in [0.2, 0.25) is 11.8 Å². The van der Waals surface area contributed by atoms with Crippen LogP contribution in [-0.2, 0) is 23.9 Å². The molecule has 2 amide bonds. The number of aliphatic hydroxyl groups excluding tert-OH is 1. The Balaban J connectivity index is 2.14. The zero-order valence-corrected chi connectivity index (χ0v) is 28.1. The molecule has 43 heavy (non-hydrogen) atoms. The standard InChI is InChI=1S/C35H58N2O6/c1-11-15-16-17-21-42-31(41)27-26-29(39)37(25(22-38)24(5)13-3)28(35(26)19-18-34(27,14-4)43-35)30(40)36(20-12-2)33(9,10)23-32(6,7)8/h11-12,24-28,38H,1-2,13-23H2,3-10H3/t24-,25-,26-,27-,28?,34+,35?/m0/s1. The molecular formula is C35H58N2O6. The van der Waals surface area contributed by atoms with Gasteiger partial charge in [0.15, 0.2) is 0 Å². The first-order valence-corrected chi connectivity index (χ1v) is 16.4. The molecule has 1 N–H and O–H groups in total. The largest absolute Gasteiger partial charge is 0.465 e. The molecule has 0 aliphatic carbocycles. The first-order chi connectivity index (χ1) is 20.1. The van der Waals surface area contributed by atoms with Crippen LogP contribution in [-0.4, -0.2) is 81.3 Å². The minimum absolute atomic E-state index is 0.0608. The van der Waals surface area contributed by atoms with E-state index in [-0.39, 0.29) is 36.4 Å². The molecule has 0 radical (unpaired) electrons. The van der Waals surface area contributed by atoms with Crippen molar-refractivity contribution in [3.63, 3.8) is 0 Å². The number of fused-ring (bicyclic) bond motifs is 1. The second-order valence-electron chi connectivity index (χ2n) is 15.0. The summed E-state index contributed by atoms with van der Waals surface area (Å²) in [5.41, 5.74) is -2.65. The Bertz CT molecular complexity index is 1050. The Kier molecular flexibility index (Phi) is 11.0.